The molecule has 0 amide bonds. The van der Waals surface area contributed by atoms with Gasteiger partial charge in [-0.05, 0) is 30.7 Å². The van der Waals surface area contributed by atoms with Crippen LogP contribution in [-0.2, 0) is 0 Å². The average Bonchev–Trinajstić information content (AvgIpc) is 2.20. The Morgan fingerprint density at radius 2 is 1.69 bits per heavy atom. The Labute approximate surface area is 79.8 Å². The summed E-state index contributed by atoms with van der Waals surface area (Å²) in [5.74, 6) is 1.76. The minimum atomic E-state index is 0.864. The van der Waals surface area contributed by atoms with E-state index in [1.807, 2.05) is 25.1 Å². The first-order chi connectivity index (χ1) is 6.27. The first kappa shape index (κ1) is 11.6. The van der Waals surface area contributed by atoms with Crippen molar-refractivity contribution in [2.75, 3.05) is 14.2 Å². The monoisotopic (exact) mass is 180 g/mol. The Bertz CT molecular complexity index is 256. The molecule has 0 atom stereocenters. The SMILES string of the molecule is C=C.COc1ccc(OC)c(C)c1. The van der Waals surface area contributed by atoms with E-state index in [0.717, 1.165) is 17.1 Å². The lowest BCUT2D eigenvalue weighted by Gasteiger charge is -2.05. The minimum Gasteiger partial charge on any atom is -0.497 e. The summed E-state index contributed by atoms with van der Waals surface area (Å²) in [4.78, 5) is 0. The minimum absolute atomic E-state index is 0.864. The molecule has 0 saturated heterocycles. The number of ether oxygens (including phenoxy) is 2. The fraction of sp³-hybridized carbons (Fsp3) is 0.273. The highest BCUT2D eigenvalue weighted by molar-refractivity contribution is 5.39. The van der Waals surface area contributed by atoms with Gasteiger partial charge in [-0.2, -0.15) is 0 Å². The molecule has 0 unspecified atom stereocenters. The number of rotatable bonds is 2. The number of aryl methyl sites for hydroxylation is 1. The highest BCUT2D eigenvalue weighted by atomic mass is 16.5. The van der Waals surface area contributed by atoms with Gasteiger partial charge in [0.15, 0.2) is 0 Å². The third-order valence-corrected chi connectivity index (χ3v) is 1.60. The summed E-state index contributed by atoms with van der Waals surface area (Å²) in [6.45, 7) is 7.99. The van der Waals surface area contributed by atoms with E-state index in [-0.39, 0.29) is 0 Å². The van der Waals surface area contributed by atoms with Gasteiger partial charge in [0.05, 0.1) is 14.2 Å². The van der Waals surface area contributed by atoms with Crippen LogP contribution in [-0.4, -0.2) is 14.2 Å². The standard InChI is InChI=1S/C9H12O2.C2H4/c1-7-6-8(10-2)4-5-9(7)11-3;1-2/h4-6H,1-3H3;1-2H2. The molecule has 1 aromatic rings. The van der Waals surface area contributed by atoms with Crippen LogP contribution in [0, 0.1) is 6.92 Å². The normalized spacial score (nSPS) is 8.23. The smallest absolute Gasteiger partial charge is 0.122 e. The summed E-state index contributed by atoms with van der Waals surface area (Å²) in [6.07, 6.45) is 0. The molecule has 0 N–H and O–H groups in total. The lowest BCUT2D eigenvalue weighted by atomic mass is 10.2. The average molecular weight is 180 g/mol. The van der Waals surface area contributed by atoms with E-state index in [1.165, 1.54) is 0 Å². The largest absolute Gasteiger partial charge is 0.497 e. The lowest BCUT2D eigenvalue weighted by Crippen LogP contribution is -1.88. The Hall–Kier alpha value is -1.44. The predicted molar refractivity (Wildman–Crippen MR) is 55.5 cm³/mol. The molecule has 1 rings (SSSR count). The highest BCUT2D eigenvalue weighted by Gasteiger charge is 1.97. The zero-order valence-corrected chi connectivity index (χ0v) is 8.46. The third-order valence-electron chi connectivity index (χ3n) is 1.60. The molecular weight excluding hydrogens is 164 g/mol. The van der Waals surface area contributed by atoms with E-state index in [0.29, 0.717) is 0 Å². The van der Waals surface area contributed by atoms with Gasteiger partial charge in [-0.1, -0.05) is 0 Å². The molecule has 72 valence electrons. The van der Waals surface area contributed by atoms with E-state index in [1.54, 1.807) is 14.2 Å². The Morgan fingerprint density at radius 1 is 1.08 bits per heavy atom. The van der Waals surface area contributed by atoms with Crippen LogP contribution in [0.3, 0.4) is 0 Å². The molecule has 0 aromatic heterocycles. The van der Waals surface area contributed by atoms with Crippen molar-refractivity contribution >= 4 is 0 Å². The van der Waals surface area contributed by atoms with Gasteiger partial charge in [0.25, 0.3) is 0 Å². The lowest BCUT2D eigenvalue weighted by molar-refractivity contribution is 0.400. The molecule has 2 heteroatoms. The van der Waals surface area contributed by atoms with E-state index in [9.17, 15) is 0 Å². The zero-order chi connectivity index (χ0) is 10.3. The summed E-state index contributed by atoms with van der Waals surface area (Å²) < 4.78 is 10.1. The van der Waals surface area contributed by atoms with E-state index in [4.69, 9.17) is 9.47 Å². The Balaban J connectivity index is 0.000000671. The van der Waals surface area contributed by atoms with Gasteiger partial charge in [-0.3, -0.25) is 0 Å². The number of benzene rings is 1. The molecule has 13 heavy (non-hydrogen) atoms. The van der Waals surface area contributed by atoms with E-state index < -0.39 is 0 Å². The molecule has 1 aromatic carbocycles. The molecular formula is C11H16O2. The van der Waals surface area contributed by atoms with Crippen molar-refractivity contribution in [3.63, 3.8) is 0 Å². The van der Waals surface area contributed by atoms with Crippen LogP contribution in [0.5, 0.6) is 11.5 Å². The van der Waals surface area contributed by atoms with E-state index in [2.05, 4.69) is 13.2 Å². The summed E-state index contributed by atoms with van der Waals surface area (Å²) in [5.41, 5.74) is 1.09. The zero-order valence-electron chi connectivity index (χ0n) is 8.46. The van der Waals surface area contributed by atoms with Gasteiger partial charge < -0.3 is 9.47 Å². The summed E-state index contributed by atoms with van der Waals surface area (Å²) in [6, 6.07) is 5.72. The number of hydrogen-bond acceptors (Lipinski definition) is 2. The molecule has 0 aliphatic carbocycles. The molecule has 0 aliphatic rings. The molecule has 2 nitrogen and oxygen atoms in total. The van der Waals surface area contributed by atoms with Crippen molar-refractivity contribution in [2.45, 2.75) is 6.92 Å². The number of methoxy groups -OCH3 is 2. The second-order valence-corrected chi connectivity index (χ2v) is 2.34. The van der Waals surface area contributed by atoms with Crippen molar-refractivity contribution in [1.29, 1.82) is 0 Å². The Kier molecular flexibility index (Phi) is 5.44. The second-order valence-electron chi connectivity index (χ2n) is 2.34. The van der Waals surface area contributed by atoms with Gasteiger partial charge >= 0.3 is 0 Å². The first-order valence-electron chi connectivity index (χ1n) is 3.96. The maximum absolute atomic E-state index is 5.09. The van der Waals surface area contributed by atoms with Gasteiger partial charge in [-0.25, -0.2) is 0 Å². The van der Waals surface area contributed by atoms with Crippen molar-refractivity contribution < 1.29 is 9.47 Å². The fourth-order valence-corrected chi connectivity index (χ4v) is 0.978. The summed E-state index contributed by atoms with van der Waals surface area (Å²) in [7, 11) is 3.32. The van der Waals surface area contributed by atoms with Crippen molar-refractivity contribution in [3.8, 4) is 11.5 Å². The van der Waals surface area contributed by atoms with Crippen LogP contribution in [0.1, 0.15) is 5.56 Å². The maximum atomic E-state index is 5.09. The quantitative estimate of drug-likeness (QED) is 0.651. The van der Waals surface area contributed by atoms with Crippen LogP contribution in [0.4, 0.5) is 0 Å². The molecule has 0 aliphatic heterocycles. The molecule has 0 saturated carbocycles. The van der Waals surface area contributed by atoms with Gasteiger partial charge in [0, 0.05) is 0 Å². The Morgan fingerprint density at radius 3 is 2.08 bits per heavy atom. The van der Waals surface area contributed by atoms with Crippen molar-refractivity contribution in [3.05, 3.63) is 36.9 Å². The predicted octanol–water partition coefficient (Wildman–Crippen LogP) is 2.81. The number of hydrogen-bond donors (Lipinski definition) is 0. The van der Waals surface area contributed by atoms with E-state index >= 15 is 0 Å². The second kappa shape index (κ2) is 6.12. The van der Waals surface area contributed by atoms with Crippen LogP contribution in [0.25, 0.3) is 0 Å². The first-order valence-corrected chi connectivity index (χ1v) is 3.96. The topological polar surface area (TPSA) is 18.5 Å². The highest BCUT2D eigenvalue weighted by Crippen LogP contribution is 2.22. The molecule has 0 heterocycles. The summed E-state index contributed by atoms with van der Waals surface area (Å²) in [5, 5.41) is 0. The van der Waals surface area contributed by atoms with Crippen LogP contribution in [0.15, 0.2) is 31.4 Å². The maximum Gasteiger partial charge on any atom is 0.122 e. The van der Waals surface area contributed by atoms with Gasteiger partial charge in [0.2, 0.25) is 0 Å². The molecule has 0 fully saturated rings. The van der Waals surface area contributed by atoms with Crippen molar-refractivity contribution in [1.82, 2.24) is 0 Å². The van der Waals surface area contributed by atoms with Crippen LogP contribution < -0.4 is 9.47 Å². The van der Waals surface area contributed by atoms with Crippen LogP contribution >= 0.6 is 0 Å². The van der Waals surface area contributed by atoms with Crippen molar-refractivity contribution in [2.24, 2.45) is 0 Å². The fourth-order valence-electron chi connectivity index (χ4n) is 0.978. The van der Waals surface area contributed by atoms with Crippen LogP contribution in [0.2, 0.25) is 0 Å². The van der Waals surface area contributed by atoms with Gasteiger partial charge in [-0.15, -0.1) is 13.2 Å². The molecule has 0 bridgehead atoms. The van der Waals surface area contributed by atoms with Gasteiger partial charge in [0.1, 0.15) is 11.5 Å². The summed E-state index contributed by atoms with van der Waals surface area (Å²) >= 11 is 0. The molecule has 0 radical (unpaired) electrons. The third kappa shape index (κ3) is 3.20. The molecule has 0 spiro atoms.